The number of allylic oxidation sites excluding steroid dienone is 1. The first kappa shape index (κ1) is 20.5. The number of hydrogen-bond acceptors (Lipinski definition) is 3. The smallest absolute Gasteiger partial charge is 0.367 e. The first-order valence-corrected chi connectivity index (χ1v) is 9.61. The Hall–Kier alpha value is -1.84. The summed E-state index contributed by atoms with van der Waals surface area (Å²) in [5.41, 5.74) is 4.65. The normalized spacial score (nSPS) is 17.0. The zero-order valence-corrected chi connectivity index (χ0v) is 17.2. The molecule has 0 aliphatic carbocycles. The zero-order chi connectivity index (χ0) is 19.6. The fourth-order valence-electron chi connectivity index (χ4n) is 3.58. The number of rotatable bonds is 5. The van der Waals surface area contributed by atoms with Crippen molar-refractivity contribution in [2.45, 2.75) is 66.2 Å². The van der Waals surface area contributed by atoms with E-state index in [4.69, 9.17) is 4.74 Å². The molecule has 0 saturated heterocycles. The predicted octanol–water partition coefficient (Wildman–Crippen LogP) is 5.58. The van der Waals surface area contributed by atoms with Crippen molar-refractivity contribution in [3.8, 4) is 0 Å². The van der Waals surface area contributed by atoms with Crippen LogP contribution in [-0.2, 0) is 14.9 Å². The molecule has 4 heteroatoms. The molecule has 1 aliphatic rings. The Morgan fingerprint density at radius 1 is 1.31 bits per heavy atom. The maximum Gasteiger partial charge on any atom is 0.367 e. The molecular formula is C22H32FNO2. The summed E-state index contributed by atoms with van der Waals surface area (Å²) in [6.07, 6.45) is 1.05. The minimum absolute atomic E-state index is 0.0152. The molecule has 0 bridgehead atoms. The molecule has 2 rings (SSSR count). The molecule has 0 unspecified atom stereocenters. The third-order valence-corrected chi connectivity index (χ3v) is 5.42. The van der Waals surface area contributed by atoms with Crippen LogP contribution in [0.3, 0.4) is 0 Å². The molecule has 0 spiro atoms. The fraction of sp³-hybridized carbons (Fsp3) is 0.591. The third-order valence-electron chi connectivity index (χ3n) is 5.42. The van der Waals surface area contributed by atoms with Crippen LogP contribution in [-0.4, -0.2) is 25.7 Å². The van der Waals surface area contributed by atoms with E-state index < -0.39 is 11.8 Å². The highest BCUT2D eigenvalue weighted by molar-refractivity contribution is 5.97. The van der Waals surface area contributed by atoms with Crippen LogP contribution in [0.1, 0.15) is 77.5 Å². The van der Waals surface area contributed by atoms with E-state index in [0.717, 1.165) is 30.8 Å². The molecule has 0 N–H and O–H groups in total. The van der Waals surface area contributed by atoms with Crippen LogP contribution in [0.4, 0.5) is 10.1 Å². The fourth-order valence-corrected chi connectivity index (χ4v) is 3.58. The van der Waals surface area contributed by atoms with Crippen LogP contribution in [0.25, 0.3) is 5.57 Å². The standard InChI is InChI=1S/C22H32FNO2/c1-8-24-11-10-22(6,7)18-13-16(14(3)4)12-17(20(18)24)15(5)19(23)21(25)26-9-2/h12-14H,8-11H2,1-7H3/b19-15+. The van der Waals surface area contributed by atoms with Crippen molar-refractivity contribution in [1.29, 1.82) is 0 Å². The van der Waals surface area contributed by atoms with Gasteiger partial charge in [-0.15, -0.1) is 0 Å². The van der Waals surface area contributed by atoms with Gasteiger partial charge < -0.3 is 9.64 Å². The van der Waals surface area contributed by atoms with E-state index in [9.17, 15) is 9.18 Å². The average molecular weight is 362 g/mol. The van der Waals surface area contributed by atoms with Crippen LogP contribution < -0.4 is 4.90 Å². The zero-order valence-electron chi connectivity index (χ0n) is 17.2. The number of ether oxygens (including phenoxy) is 1. The van der Waals surface area contributed by atoms with Gasteiger partial charge in [-0.25, -0.2) is 4.79 Å². The quantitative estimate of drug-likeness (QED) is 0.506. The first-order chi connectivity index (χ1) is 12.1. The highest BCUT2D eigenvalue weighted by Gasteiger charge is 2.34. The van der Waals surface area contributed by atoms with Gasteiger partial charge in [-0.1, -0.05) is 33.8 Å². The second-order valence-corrected chi connectivity index (χ2v) is 7.99. The first-order valence-electron chi connectivity index (χ1n) is 9.61. The number of fused-ring (bicyclic) bond motifs is 1. The second-order valence-electron chi connectivity index (χ2n) is 7.99. The lowest BCUT2D eigenvalue weighted by Gasteiger charge is -2.42. The molecule has 3 nitrogen and oxygen atoms in total. The molecule has 1 heterocycles. The number of anilines is 1. The van der Waals surface area contributed by atoms with Gasteiger partial charge in [0.05, 0.1) is 6.61 Å². The minimum atomic E-state index is -0.883. The van der Waals surface area contributed by atoms with E-state index in [0.29, 0.717) is 11.5 Å². The van der Waals surface area contributed by atoms with E-state index in [1.807, 2.05) is 6.07 Å². The lowest BCUT2D eigenvalue weighted by Crippen LogP contribution is -2.38. The molecule has 1 aromatic rings. The van der Waals surface area contributed by atoms with Gasteiger partial charge in [0.25, 0.3) is 0 Å². The van der Waals surface area contributed by atoms with Crippen molar-refractivity contribution in [3.63, 3.8) is 0 Å². The van der Waals surface area contributed by atoms with E-state index in [1.54, 1.807) is 13.8 Å². The van der Waals surface area contributed by atoms with Crippen molar-refractivity contribution >= 4 is 17.2 Å². The molecule has 26 heavy (non-hydrogen) atoms. The highest BCUT2D eigenvalue weighted by atomic mass is 19.1. The Labute approximate surface area is 157 Å². The van der Waals surface area contributed by atoms with Gasteiger partial charge in [0.1, 0.15) is 0 Å². The van der Waals surface area contributed by atoms with E-state index in [-0.39, 0.29) is 12.0 Å². The maximum absolute atomic E-state index is 14.8. The Bertz CT molecular complexity index is 719. The number of esters is 1. The Kier molecular flexibility index (Phi) is 6.15. The molecule has 0 atom stereocenters. The van der Waals surface area contributed by atoms with E-state index >= 15 is 0 Å². The van der Waals surface area contributed by atoms with E-state index in [1.165, 1.54) is 11.1 Å². The number of benzene rings is 1. The summed E-state index contributed by atoms with van der Waals surface area (Å²) in [5.74, 6) is -1.36. The summed E-state index contributed by atoms with van der Waals surface area (Å²) in [6.45, 7) is 16.2. The Morgan fingerprint density at radius 2 is 1.96 bits per heavy atom. The van der Waals surface area contributed by atoms with Crippen LogP contribution in [0.15, 0.2) is 18.0 Å². The molecule has 0 radical (unpaired) electrons. The monoisotopic (exact) mass is 361 g/mol. The molecule has 144 valence electrons. The molecule has 0 aromatic heterocycles. The topological polar surface area (TPSA) is 29.5 Å². The molecule has 1 aromatic carbocycles. The number of nitrogens with zero attached hydrogens (tertiary/aromatic N) is 1. The summed E-state index contributed by atoms with van der Waals surface area (Å²) in [6, 6.07) is 4.31. The van der Waals surface area contributed by atoms with Gasteiger partial charge in [-0.3, -0.25) is 0 Å². The number of carbonyl (C=O) groups is 1. The molecule has 0 amide bonds. The molecule has 0 saturated carbocycles. The molecule has 1 aliphatic heterocycles. The van der Waals surface area contributed by atoms with E-state index in [2.05, 4.69) is 45.6 Å². The largest absolute Gasteiger partial charge is 0.461 e. The van der Waals surface area contributed by atoms with Gasteiger partial charge in [-0.2, -0.15) is 4.39 Å². The Balaban J connectivity index is 2.77. The summed E-state index contributed by atoms with van der Waals surface area (Å²) in [4.78, 5) is 14.2. The summed E-state index contributed by atoms with van der Waals surface area (Å²) in [5, 5.41) is 0. The summed E-state index contributed by atoms with van der Waals surface area (Å²) >= 11 is 0. The van der Waals surface area contributed by atoms with Gasteiger partial charge in [0, 0.05) is 29.9 Å². The van der Waals surface area contributed by atoms with Crippen LogP contribution in [0.5, 0.6) is 0 Å². The molecular weight excluding hydrogens is 329 g/mol. The predicted molar refractivity (Wildman–Crippen MR) is 106 cm³/mol. The SMILES string of the molecule is CCOC(=O)/C(F)=C(/C)c1cc(C(C)C)cc2c1N(CC)CCC2(C)C. The van der Waals surface area contributed by atoms with Gasteiger partial charge in [0.2, 0.25) is 5.83 Å². The molecule has 0 fully saturated rings. The minimum Gasteiger partial charge on any atom is -0.461 e. The maximum atomic E-state index is 14.8. The highest BCUT2D eigenvalue weighted by Crippen LogP contribution is 2.45. The van der Waals surface area contributed by atoms with Gasteiger partial charge in [-0.05, 0) is 55.7 Å². The summed E-state index contributed by atoms with van der Waals surface area (Å²) in [7, 11) is 0. The van der Waals surface area contributed by atoms with Crippen LogP contribution in [0.2, 0.25) is 0 Å². The lowest BCUT2D eigenvalue weighted by atomic mass is 9.74. The average Bonchev–Trinajstić information content (AvgIpc) is 2.60. The second kappa shape index (κ2) is 7.81. The third kappa shape index (κ3) is 3.79. The van der Waals surface area contributed by atoms with Crippen molar-refractivity contribution in [2.24, 2.45) is 0 Å². The lowest BCUT2D eigenvalue weighted by molar-refractivity contribution is -0.140. The number of hydrogen-bond donors (Lipinski definition) is 0. The van der Waals surface area contributed by atoms with Crippen LogP contribution >= 0.6 is 0 Å². The van der Waals surface area contributed by atoms with Crippen LogP contribution in [0, 0.1) is 0 Å². The van der Waals surface area contributed by atoms with Crippen molar-refractivity contribution in [2.75, 3.05) is 24.6 Å². The number of halogens is 1. The number of carbonyl (C=O) groups excluding carboxylic acids is 1. The Morgan fingerprint density at radius 3 is 2.50 bits per heavy atom. The van der Waals surface area contributed by atoms with Crippen molar-refractivity contribution in [3.05, 3.63) is 34.6 Å². The van der Waals surface area contributed by atoms with Crippen molar-refractivity contribution < 1.29 is 13.9 Å². The summed E-state index contributed by atoms with van der Waals surface area (Å²) < 4.78 is 19.7. The van der Waals surface area contributed by atoms with Gasteiger partial charge in [0.15, 0.2) is 0 Å². The van der Waals surface area contributed by atoms with Crippen molar-refractivity contribution in [1.82, 2.24) is 0 Å². The van der Waals surface area contributed by atoms with Gasteiger partial charge >= 0.3 is 5.97 Å².